The van der Waals surface area contributed by atoms with Crippen molar-refractivity contribution < 1.29 is 9.47 Å². The largest absolute Gasteiger partial charge is 0.457 e. The molecule has 2 aromatic carbocycles. The second kappa shape index (κ2) is 5.31. The van der Waals surface area contributed by atoms with Gasteiger partial charge in [0.2, 0.25) is 0 Å². The van der Waals surface area contributed by atoms with E-state index < -0.39 is 0 Å². The lowest BCUT2D eigenvalue weighted by atomic mass is 10.3. The first kappa shape index (κ1) is 11.4. The fourth-order valence-corrected chi connectivity index (χ4v) is 1.71. The van der Waals surface area contributed by atoms with Crippen LogP contribution in [-0.2, 0) is 0 Å². The Morgan fingerprint density at radius 1 is 0.579 bits per heavy atom. The summed E-state index contributed by atoms with van der Waals surface area (Å²) < 4.78 is 11.3. The van der Waals surface area contributed by atoms with Crippen LogP contribution in [0.25, 0.3) is 0 Å². The topological polar surface area (TPSA) is 34.2 Å². The van der Waals surface area contributed by atoms with Gasteiger partial charge in [-0.15, -0.1) is 0 Å². The van der Waals surface area contributed by atoms with Crippen LogP contribution in [0, 0.1) is 0 Å². The molecule has 1 aromatic heterocycles. The summed E-state index contributed by atoms with van der Waals surface area (Å²) in [6.07, 6.45) is 3.62. The smallest absolute Gasteiger partial charge is 0.144 e. The molecule has 1 heterocycles. The Balaban J connectivity index is 1.69. The number of ether oxygens (including phenoxy) is 2. The zero-order valence-corrected chi connectivity index (χ0v) is 10.2. The van der Waals surface area contributed by atoms with Crippen LogP contribution in [0.2, 0.25) is 0 Å². The Kier molecular flexibility index (Phi) is 3.19. The predicted octanol–water partition coefficient (Wildman–Crippen LogP) is 4.60. The van der Waals surface area contributed by atoms with Gasteiger partial charge in [0.25, 0.3) is 0 Å². The number of H-pyrrole nitrogens is 1. The summed E-state index contributed by atoms with van der Waals surface area (Å²) in [5.74, 6) is 3.17. The Labute approximate surface area is 111 Å². The molecule has 94 valence electrons. The quantitative estimate of drug-likeness (QED) is 0.735. The minimum Gasteiger partial charge on any atom is -0.457 e. The van der Waals surface area contributed by atoms with Crippen molar-refractivity contribution in [1.29, 1.82) is 0 Å². The van der Waals surface area contributed by atoms with Crippen LogP contribution in [0.5, 0.6) is 23.0 Å². The van der Waals surface area contributed by atoms with Crippen molar-refractivity contribution in [2.45, 2.75) is 0 Å². The standard InChI is InChI=1S/C16H13NO2/c1-2-4-13(5-3-1)18-14-6-8-15(9-7-14)19-16-10-11-17-12-16/h1-12,17H. The summed E-state index contributed by atoms with van der Waals surface area (Å²) in [6, 6.07) is 19.1. The highest BCUT2D eigenvalue weighted by molar-refractivity contribution is 5.37. The number of aromatic amines is 1. The van der Waals surface area contributed by atoms with Crippen molar-refractivity contribution in [3.63, 3.8) is 0 Å². The average molecular weight is 251 g/mol. The molecule has 3 heteroatoms. The van der Waals surface area contributed by atoms with Gasteiger partial charge < -0.3 is 14.5 Å². The van der Waals surface area contributed by atoms with Gasteiger partial charge in [-0.3, -0.25) is 0 Å². The molecule has 0 atom stereocenters. The number of rotatable bonds is 4. The third-order valence-corrected chi connectivity index (χ3v) is 2.61. The molecule has 0 aliphatic heterocycles. The second-order valence-corrected chi connectivity index (χ2v) is 4.04. The van der Waals surface area contributed by atoms with E-state index in [4.69, 9.17) is 9.47 Å². The summed E-state index contributed by atoms with van der Waals surface area (Å²) in [6.45, 7) is 0. The van der Waals surface area contributed by atoms with Gasteiger partial charge >= 0.3 is 0 Å². The summed E-state index contributed by atoms with van der Waals surface area (Å²) in [4.78, 5) is 2.94. The van der Waals surface area contributed by atoms with Crippen LogP contribution in [0.15, 0.2) is 73.1 Å². The van der Waals surface area contributed by atoms with Crippen molar-refractivity contribution in [3.05, 3.63) is 73.1 Å². The number of para-hydroxylation sites is 1. The highest BCUT2D eigenvalue weighted by Crippen LogP contribution is 2.26. The van der Waals surface area contributed by atoms with Crippen molar-refractivity contribution in [2.24, 2.45) is 0 Å². The maximum atomic E-state index is 5.71. The first-order valence-corrected chi connectivity index (χ1v) is 6.04. The van der Waals surface area contributed by atoms with E-state index in [2.05, 4.69) is 4.98 Å². The zero-order chi connectivity index (χ0) is 12.9. The van der Waals surface area contributed by atoms with Gasteiger partial charge in [0, 0.05) is 12.4 Å². The Bertz CT molecular complexity index is 616. The molecule has 1 N–H and O–H groups in total. The van der Waals surface area contributed by atoms with Crippen LogP contribution in [-0.4, -0.2) is 4.98 Å². The third-order valence-electron chi connectivity index (χ3n) is 2.61. The summed E-state index contributed by atoms with van der Waals surface area (Å²) >= 11 is 0. The van der Waals surface area contributed by atoms with Gasteiger partial charge in [0.05, 0.1) is 0 Å². The molecule has 0 saturated heterocycles. The molecule has 3 aromatic rings. The molecule has 3 rings (SSSR count). The van der Waals surface area contributed by atoms with Gasteiger partial charge in [-0.25, -0.2) is 0 Å². The van der Waals surface area contributed by atoms with Crippen LogP contribution in [0.4, 0.5) is 0 Å². The lowest BCUT2D eigenvalue weighted by Gasteiger charge is -2.07. The highest BCUT2D eigenvalue weighted by atomic mass is 16.5. The monoisotopic (exact) mass is 251 g/mol. The van der Waals surface area contributed by atoms with E-state index >= 15 is 0 Å². The van der Waals surface area contributed by atoms with Crippen molar-refractivity contribution >= 4 is 0 Å². The maximum absolute atomic E-state index is 5.71. The Hall–Kier alpha value is -2.68. The molecule has 0 fully saturated rings. The number of aromatic nitrogens is 1. The Morgan fingerprint density at radius 3 is 1.74 bits per heavy atom. The molecule has 0 spiro atoms. The molecule has 0 unspecified atom stereocenters. The molecule has 0 aliphatic rings. The van der Waals surface area contributed by atoms with E-state index in [-0.39, 0.29) is 0 Å². The molecule has 19 heavy (non-hydrogen) atoms. The Morgan fingerprint density at radius 2 is 1.16 bits per heavy atom. The molecule has 0 aliphatic carbocycles. The lowest BCUT2D eigenvalue weighted by Crippen LogP contribution is -1.85. The van der Waals surface area contributed by atoms with E-state index in [1.54, 1.807) is 6.20 Å². The summed E-state index contributed by atoms with van der Waals surface area (Å²) in [7, 11) is 0. The fourth-order valence-electron chi connectivity index (χ4n) is 1.71. The van der Waals surface area contributed by atoms with E-state index in [0.29, 0.717) is 0 Å². The summed E-state index contributed by atoms with van der Waals surface area (Å²) in [5.41, 5.74) is 0. The number of nitrogens with one attached hydrogen (secondary N) is 1. The molecule has 3 nitrogen and oxygen atoms in total. The van der Waals surface area contributed by atoms with E-state index in [9.17, 15) is 0 Å². The minimum atomic E-state index is 0.778. The third kappa shape index (κ3) is 2.96. The van der Waals surface area contributed by atoms with Gasteiger partial charge in [-0.2, -0.15) is 0 Å². The van der Waals surface area contributed by atoms with Crippen molar-refractivity contribution in [3.8, 4) is 23.0 Å². The SMILES string of the molecule is c1ccc(Oc2ccc(Oc3cc[nH]c3)cc2)cc1. The van der Waals surface area contributed by atoms with Crippen molar-refractivity contribution in [1.82, 2.24) is 4.98 Å². The van der Waals surface area contributed by atoms with Crippen LogP contribution in [0.1, 0.15) is 0 Å². The van der Waals surface area contributed by atoms with Gasteiger partial charge in [0.15, 0.2) is 0 Å². The van der Waals surface area contributed by atoms with Crippen molar-refractivity contribution in [2.75, 3.05) is 0 Å². The van der Waals surface area contributed by atoms with E-state index in [1.807, 2.05) is 66.9 Å². The maximum Gasteiger partial charge on any atom is 0.144 e. The molecular weight excluding hydrogens is 238 g/mol. The molecular formula is C16H13NO2. The summed E-state index contributed by atoms with van der Waals surface area (Å²) in [5, 5.41) is 0. The number of benzene rings is 2. The minimum absolute atomic E-state index is 0.778. The molecule has 0 bridgehead atoms. The van der Waals surface area contributed by atoms with E-state index in [0.717, 1.165) is 23.0 Å². The van der Waals surface area contributed by atoms with E-state index in [1.165, 1.54) is 0 Å². The first-order chi connectivity index (χ1) is 9.40. The fraction of sp³-hybridized carbons (Fsp3) is 0. The second-order valence-electron chi connectivity index (χ2n) is 4.04. The van der Waals surface area contributed by atoms with Gasteiger partial charge in [-0.1, -0.05) is 18.2 Å². The highest BCUT2D eigenvalue weighted by Gasteiger charge is 1.99. The van der Waals surface area contributed by atoms with Gasteiger partial charge in [-0.05, 0) is 42.5 Å². The molecule has 0 saturated carbocycles. The number of hydrogen-bond acceptors (Lipinski definition) is 2. The normalized spacial score (nSPS) is 10.1. The van der Waals surface area contributed by atoms with Gasteiger partial charge in [0.1, 0.15) is 23.0 Å². The number of hydrogen-bond donors (Lipinski definition) is 1. The first-order valence-electron chi connectivity index (χ1n) is 6.04. The lowest BCUT2D eigenvalue weighted by molar-refractivity contribution is 0.469. The average Bonchev–Trinajstić information content (AvgIpc) is 2.95. The zero-order valence-electron chi connectivity index (χ0n) is 10.2. The van der Waals surface area contributed by atoms with Crippen LogP contribution < -0.4 is 9.47 Å². The predicted molar refractivity (Wildman–Crippen MR) is 73.8 cm³/mol. The van der Waals surface area contributed by atoms with Crippen LogP contribution in [0.3, 0.4) is 0 Å². The molecule has 0 amide bonds. The molecule has 0 radical (unpaired) electrons. The van der Waals surface area contributed by atoms with Crippen LogP contribution >= 0.6 is 0 Å².